The van der Waals surface area contributed by atoms with Crippen molar-refractivity contribution in [1.82, 2.24) is 34.7 Å². The van der Waals surface area contributed by atoms with Crippen LogP contribution in [-0.4, -0.2) is 204 Å². The number of amidine groups is 1. The largest absolute Gasteiger partial charge is 0.679 e. The van der Waals surface area contributed by atoms with Crippen LogP contribution in [0.5, 0.6) is 11.5 Å². The van der Waals surface area contributed by atoms with Gasteiger partial charge in [0.05, 0.1) is 51.5 Å². The molecule has 1 aliphatic rings. The number of carbonyl (C=O) groups is 6. The van der Waals surface area contributed by atoms with Gasteiger partial charge in [0.15, 0.2) is 12.4 Å². The predicted octanol–water partition coefficient (Wildman–Crippen LogP) is 4.57. The summed E-state index contributed by atoms with van der Waals surface area (Å²) in [6.07, 6.45) is 1.83. The lowest BCUT2D eigenvalue weighted by atomic mass is 10.0. The number of benzene rings is 4. The van der Waals surface area contributed by atoms with Crippen LogP contribution in [0.15, 0.2) is 131 Å². The van der Waals surface area contributed by atoms with E-state index < -0.39 is 69.3 Å². The summed E-state index contributed by atoms with van der Waals surface area (Å²) >= 11 is 5.83. The van der Waals surface area contributed by atoms with Crippen LogP contribution in [0, 0.1) is 0 Å². The molecule has 0 spiro atoms. The van der Waals surface area contributed by atoms with Crippen molar-refractivity contribution in [2.24, 2.45) is 9.98 Å². The molecule has 5 aromatic rings. The Hall–Kier alpha value is -8.29. The number of nitrogens with one attached hydrogen (secondary N) is 2. The fourth-order valence-corrected chi connectivity index (χ4v) is 8.55. The van der Waals surface area contributed by atoms with E-state index in [0.29, 0.717) is 45.0 Å². The van der Waals surface area contributed by atoms with Crippen LogP contribution in [0.4, 0.5) is 14.4 Å². The van der Waals surface area contributed by atoms with Crippen LogP contribution in [0.2, 0.25) is 0 Å². The summed E-state index contributed by atoms with van der Waals surface area (Å²) in [5.41, 5.74) is 4.42. The van der Waals surface area contributed by atoms with Gasteiger partial charge in [-0.25, -0.2) is 9.98 Å². The van der Waals surface area contributed by atoms with Crippen molar-refractivity contribution in [2.75, 3.05) is 105 Å². The van der Waals surface area contributed by atoms with Crippen LogP contribution in [0.25, 0.3) is 28.0 Å². The first kappa shape index (κ1) is 60.0. The molecule has 0 radical (unpaired) electrons. The van der Waals surface area contributed by atoms with E-state index in [1.165, 1.54) is 26.7 Å². The zero-order valence-electron chi connectivity index (χ0n) is 43.1. The van der Waals surface area contributed by atoms with E-state index in [1.54, 1.807) is 84.9 Å². The Balaban J connectivity index is 1.05. The van der Waals surface area contributed by atoms with E-state index in [2.05, 4.69) is 10.6 Å². The molecule has 0 unspecified atom stereocenters. The molecule has 4 aromatic carbocycles. The Kier molecular flexibility index (Phi) is 22.8. The molecule has 25 heteroatoms. The van der Waals surface area contributed by atoms with Gasteiger partial charge in [-0.15, -0.1) is 11.6 Å². The van der Waals surface area contributed by atoms with Crippen molar-refractivity contribution in [2.45, 2.75) is 0 Å². The Morgan fingerprint density at radius 2 is 1.09 bits per heavy atom. The van der Waals surface area contributed by atoms with Gasteiger partial charge in [-0.2, -0.15) is 0 Å². The highest BCUT2D eigenvalue weighted by atomic mass is 35.5. The van der Waals surface area contributed by atoms with Crippen molar-refractivity contribution in [3.63, 3.8) is 0 Å². The van der Waals surface area contributed by atoms with E-state index in [1.807, 2.05) is 36.4 Å². The van der Waals surface area contributed by atoms with Crippen molar-refractivity contribution >= 4 is 77.6 Å². The molecule has 0 saturated carbocycles. The van der Waals surface area contributed by atoms with Crippen molar-refractivity contribution in [3.05, 3.63) is 132 Å². The van der Waals surface area contributed by atoms with Gasteiger partial charge >= 0.3 is 31.3 Å². The maximum atomic E-state index is 15.3. The number of aliphatic carboxylic acids is 4. The normalized spacial score (nSPS) is 12.7. The van der Waals surface area contributed by atoms with Crippen LogP contribution in [-0.2, 0) is 28.8 Å². The molecule has 6 N–H and O–H groups in total. The zero-order chi connectivity index (χ0) is 56.8. The number of hydrogen-bond acceptors (Lipinski definition) is 13. The third kappa shape index (κ3) is 18.7. The van der Waals surface area contributed by atoms with E-state index in [-0.39, 0.29) is 88.8 Å². The maximum absolute atomic E-state index is 15.3. The van der Waals surface area contributed by atoms with Gasteiger partial charge in [-0.3, -0.25) is 57.0 Å². The number of aromatic nitrogens is 1. The van der Waals surface area contributed by atoms with E-state index in [9.17, 15) is 44.1 Å². The highest BCUT2D eigenvalue weighted by Crippen LogP contribution is 2.41. The molecule has 1 aromatic heterocycles. The zero-order valence-corrected chi connectivity index (χ0v) is 43.8. The Labute approximate surface area is 459 Å². The number of ether oxygens (including phenoxy) is 2. The van der Waals surface area contributed by atoms with Crippen LogP contribution < -0.4 is 20.1 Å². The minimum atomic E-state index is -2.97. The first-order chi connectivity index (χ1) is 38.0. The summed E-state index contributed by atoms with van der Waals surface area (Å²) < 4.78 is 42.6. The maximum Gasteiger partial charge on any atom is 0.679 e. The molecule has 2 heterocycles. The summed E-state index contributed by atoms with van der Waals surface area (Å²) in [5, 5.41) is 42.9. The molecule has 0 atom stereocenters. The summed E-state index contributed by atoms with van der Waals surface area (Å²) in [5.74, 6) is -4.69. The number of amides is 2. The number of carboxylic acids is 4. The van der Waals surface area contributed by atoms with Crippen LogP contribution in [0.1, 0.15) is 11.1 Å². The number of methoxy groups -OCH3 is 1. The summed E-state index contributed by atoms with van der Waals surface area (Å²) in [6, 6.07) is 33.6. The lowest BCUT2D eigenvalue weighted by Gasteiger charge is -2.29. The topological polar surface area (TPSA) is 268 Å². The summed E-state index contributed by atoms with van der Waals surface area (Å²) in [7, 11) is -1.44. The van der Waals surface area contributed by atoms with Gasteiger partial charge in [-0.1, -0.05) is 84.9 Å². The molecule has 6 rings (SSSR count). The van der Waals surface area contributed by atoms with E-state index >= 15 is 8.63 Å². The fraction of sp³-hybridized carbons (Fsp3) is 0.296. The lowest BCUT2D eigenvalue weighted by Crippen LogP contribution is -2.47. The number of hydrogen-bond donors (Lipinski definition) is 6. The molecular formula is C54H59BClF2N9O12. The van der Waals surface area contributed by atoms with Crippen LogP contribution >= 0.6 is 11.6 Å². The molecule has 0 fully saturated rings. The standard InChI is InChI=1S/C54H59BClF2N9O12/c1-78-41-16-12-38(13-17-41)44-29-46(40-10-6-3-7-11-40)67(55(57)58)54(44)62-53-43(28-45(61-53)39-8-4-2-5-9-39)37-14-18-42(19-15-37)79-35-48(69)60-21-20-59-47(68)30-65(33-51(74)75)26-24-63(31-49(70)71)22-23-64(32-50(72)73)25-27-66(36-56)34-52(76)77/h2-19,28-29H,20-27,30-36H2,1H3,(H,59,68)(H,60,69)(H,70,71)(H,72,73)(H,74,75)(H,76,77)/b62-53-. The molecule has 1 aliphatic heterocycles. The Morgan fingerprint density at radius 1 is 0.608 bits per heavy atom. The summed E-state index contributed by atoms with van der Waals surface area (Å²) in [6.45, 7) is -2.30. The first-order valence-electron chi connectivity index (χ1n) is 24.8. The molecule has 0 bridgehead atoms. The first-order valence-corrected chi connectivity index (χ1v) is 25.3. The highest BCUT2D eigenvalue weighted by molar-refractivity contribution is 6.43. The van der Waals surface area contributed by atoms with Gasteiger partial charge in [-0.05, 0) is 53.1 Å². The monoisotopic (exact) mass is 1110 g/mol. The van der Waals surface area contributed by atoms with Crippen molar-refractivity contribution in [1.29, 1.82) is 0 Å². The minimum absolute atomic E-state index is 0.00198. The number of allylic oxidation sites excluding steroid dienone is 1. The second-order valence-corrected chi connectivity index (χ2v) is 18.1. The highest BCUT2D eigenvalue weighted by Gasteiger charge is 2.30. The second-order valence-electron chi connectivity index (χ2n) is 17.9. The average Bonchev–Trinajstić information content (AvgIpc) is 4.15. The van der Waals surface area contributed by atoms with Gasteiger partial charge in [0, 0.05) is 74.8 Å². The molecule has 0 saturated heterocycles. The molecule has 2 amide bonds. The Morgan fingerprint density at radius 3 is 1.62 bits per heavy atom. The Bertz CT molecular complexity index is 2990. The molecule has 21 nitrogen and oxygen atoms in total. The molecule has 416 valence electrons. The predicted molar refractivity (Wildman–Crippen MR) is 293 cm³/mol. The van der Waals surface area contributed by atoms with Gasteiger partial charge < -0.3 is 45.0 Å². The van der Waals surface area contributed by atoms with Gasteiger partial charge in [0.25, 0.3) is 5.91 Å². The van der Waals surface area contributed by atoms with E-state index in [0.717, 1.165) is 10.0 Å². The SMILES string of the molecule is COc1ccc(-c2cc(-c3ccccc3)n(B(F)F)c2/N=C2\N=C(c3ccccc3)C=C2c2ccc(OCC(=O)NCCNC(=O)CN(CCN(CCN(CCN(CCl)CC(=O)O)CC(=O)O)CC(=O)O)CC(=O)O)cc2)cc1. The third-order valence-corrected chi connectivity index (χ3v) is 12.5. The number of nitrogens with zero attached hydrogens (tertiary/aromatic N) is 7. The molecular weight excluding hydrogens is 1050 g/mol. The van der Waals surface area contributed by atoms with Gasteiger partial charge in [0.1, 0.15) is 17.3 Å². The smallest absolute Gasteiger partial charge is 0.497 e. The number of alkyl halides is 1. The summed E-state index contributed by atoms with van der Waals surface area (Å²) in [4.78, 5) is 87.2. The van der Waals surface area contributed by atoms with E-state index in [4.69, 9.17) is 36.2 Å². The second kappa shape index (κ2) is 30.0. The number of carbonyl (C=O) groups excluding carboxylic acids is 2. The van der Waals surface area contributed by atoms with Crippen molar-refractivity contribution < 1.29 is 67.3 Å². The van der Waals surface area contributed by atoms with Crippen molar-refractivity contribution in [3.8, 4) is 33.9 Å². The lowest BCUT2D eigenvalue weighted by molar-refractivity contribution is -0.141. The van der Waals surface area contributed by atoms with Gasteiger partial charge in [0.2, 0.25) is 5.91 Å². The number of halogens is 3. The number of rotatable bonds is 33. The fourth-order valence-electron chi connectivity index (χ4n) is 8.35. The average molecular weight is 1110 g/mol. The quantitative estimate of drug-likeness (QED) is 0.0145. The minimum Gasteiger partial charge on any atom is -0.497 e. The number of aliphatic imine (C=N–C) groups is 2. The molecule has 0 aliphatic carbocycles. The number of carboxylic acid groups (broad SMARTS) is 4. The van der Waals surface area contributed by atoms with Crippen LogP contribution in [0.3, 0.4) is 0 Å². The molecule has 79 heavy (non-hydrogen) atoms. The third-order valence-electron chi connectivity index (χ3n) is 12.2.